The number of methoxy groups -OCH3 is 1. The van der Waals surface area contributed by atoms with E-state index < -0.39 is 17.0 Å². The molecule has 0 saturated carbocycles. The van der Waals surface area contributed by atoms with Gasteiger partial charge in [-0.05, 0) is 41.5 Å². The molecule has 158 valence electrons. The minimum Gasteiger partial charge on any atom is -0.481 e. The zero-order valence-corrected chi connectivity index (χ0v) is 17.7. The molecular weight excluding hydrogens is 388 g/mol. The predicted molar refractivity (Wildman–Crippen MR) is 117 cm³/mol. The highest BCUT2D eigenvalue weighted by Crippen LogP contribution is 2.27. The van der Waals surface area contributed by atoms with Crippen molar-refractivity contribution in [3.63, 3.8) is 0 Å². The molecule has 0 aromatic heterocycles. The lowest BCUT2D eigenvalue weighted by atomic mass is 9.99. The van der Waals surface area contributed by atoms with Crippen LogP contribution in [0.1, 0.15) is 24.8 Å². The van der Waals surface area contributed by atoms with Crippen LogP contribution in [0.3, 0.4) is 0 Å². The van der Waals surface area contributed by atoms with E-state index in [0.29, 0.717) is 11.5 Å². The number of nitrogens with zero attached hydrogens (tertiary/aromatic N) is 1. The average Bonchev–Trinajstić information content (AvgIpc) is 2.73. The summed E-state index contributed by atoms with van der Waals surface area (Å²) in [5, 5.41) is 8.98. The normalized spacial score (nSPS) is 17.9. The Labute approximate surface area is 175 Å². The molecule has 1 aliphatic heterocycles. The van der Waals surface area contributed by atoms with Crippen molar-refractivity contribution in [3.8, 4) is 0 Å². The van der Waals surface area contributed by atoms with Gasteiger partial charge in [0, 0.05) is 33.4 Å². The topological polar surface area (TPSA) is 92.9 Å². The van der Waals surface area contributed by atoms with Gasteiger partial charge in [-0.1, -0.05) is 43.0 Å². The number of ether oxygens (including phenoxy) is 1. The number of hydrogen-bond acceptors (Lipinski definition) is 4. The number of nitrogens with two attached hydrogens (primary N) is 1. The Kier molecular flexibility index (Phi) is 9.47. The summed E-state index contributed by atoms with van der Waals surface area (Å²) >= 11 is 0. The van der Waals surface area contributed by atoms with E-state index >= 15 is 0 Å². The Morgan fingerprint density at radius 2 is 2.03 bits per heavy atom. The molecule has 0 bridgehead atoms. The van der Waals surface area contributed by atoms with Crippen LogP contribution in [0.25, 0.3) is 5.57 Å². The highest BCUT2D eigenvalue weighted by molar-refractivity contribution is 7.82. The minimum atomic E-state index is -1.28. The van der Waals surface area contributed by atoms with Crippen molar-refractivity contribution in [2.24, 2.45) is 11.7 Å². The van der Waals surface area contributed by atoms with Crippen LogP contribution in [0.2, 0.25) is 0 Å². The van der Waals surface area contributed by atoms with Gasteiger partial charge in [0.1, 0.15) is 11.0 Å². The van der Waals surface area contributed by atoms with Gasteiger partial charge < -0.3 is 15.6 Å². The van der Waals surface area contributed by atoms with Gasteiger partial charge in [-0.2, -0.15) is 0 Å². The maximum Gasteiger partial charge on any atom is 0.307 e. The molecule has 0 spiro atoms. The van der Waals surface area contributed by atoms with Crippen molar-refractivity contribution in [1.29, 1.82) is 0 Å². The first-order valence-electron chi connectivity index (χ1n) is 9.69. The Balaban J connectivity index is 2.25. The molecule has 1 heterocycles. The quantitative estimate of drug-likeness (QED) is 0.570. The number of allylic oxidation sites excluding steroid dienone is 4. The zero-order valence-electron chi connectivity index (χ0n) is 16.9. The zero-order chi connectivity index (χ0) is 21.2. The molecule has 1 aromatic carbocycles. The Hall–Kier alpha value is -2.06. The maximum absolute atomic E-state index is 13.3. The lowest BCUT2D eigenvalue weighted by molar-refractivity contribution is -0.136. The van der Waals surface area contributed by atoms with Crippen molar-refractivity contribution < 1.29 is 18.8 Å². The number of hydrogen-bond donors (Lipinski definition) is 2. The molecular formula is C22H30N2O4S. The first-order chi connectivity index (χ1) is 14.0. The smallest absolute Gasteiger partial charge is 0.307 e. The van der Waals surface area contributed by atoms with Gasteiger partial charge in [-0.15, -0.1) is 0 Å². The Morgan fingerprint density at radius 1 is 1.34 bits per heavy atom. The molecule has 1 saturated heterocycles. The largest absolute Gasteiger partial charge is 0.481 e. The van der Waals surface area contributed by atoms with Gasteiger partial charge in [0.2, 0.25) is 0 Å². The summed E-state index contributed by atoms with van der Waals surface area (Å²) in [6.07, 6.45) is 7.00. The van der Waals surface area contributed by atoms with Crippen molar-refractivity contribution in [3.05, 3.63) is 60.2 Å². The maximum atomic E-state index is 13.3. The van der Waals surface area contributed by atoms with Crippen LogP contribution in [-0.4, -0.2) is 52.9 Å². The van der Waals surface area contributed by atoms with E-state index in [9.17, 15) is 9.00 Å². The van der Waals surface area contributed by atoms with E-state index in [1.807, 2.05) is 28.6 Å². The fourth-order valence-corrected chi connectivity index (χ4v) is 4.73. The molecule has 2 rings (SSSR count). The van der Waals surface area contributed by atoms with Crippen LogP contribution < -0.4 is 5.73 Å². The van der Waals surface area contributed by atoms with Crippen molar-refractivity contribution >= 4 is 22.5 Å². The van der Waals surface area contributed by atoms with Gasteiger partial charge >= 0.3 is 5.97 Å². The van der Waals surface area contributed by atoms with Crippen molar-refractivity contribution in [1.82, 2.24) is 4.31 Å². The minimum absolute atomic E-state index is 0.110. The number of rotatable bonds is 10. The molecule has 1 aromatic rings. The van der Waals surface area contributed by atoms with Crippen LogP contribution in [0.4, 0.5) is 0 Å². The lowest BCUT2D eigenvalue weighted by Crippen LogP contribution is -2.36. The molecule has 3 N–H and O–H groups in total. The van der Waals surface area contributed by atoms with Gasteiger partial charge in [-0.25, -0.2) is 8.51 Å². The predicted octanol–water partition coefficient (Wildman–Crippen LogP) is 3.00. The first-order valence-corrected chi connectivity index (χ1v) is 10.8. The molecule has 7 heteroatoms. The second-order valence-corrected chi connectivity index (χ2v) is 8.45. The third-order valence-electron chi connectivity index (χ3n) is 4.96. The van der Waals surface area contributed by atoms with E-state index in [1.54, 1.807) is 25.3 Å². The van der Waals surface area contributed by atoms with Crippen LogP contribution in [0.15, 0.2) is 59.5 Å². The number of carbonyl (C=O) groups is 1. The highest BCUT2D eigenvalue weighted by Gasteiger charge is 2.25. The molecule has 0 amide bonds. The second-order valence-electron chi connectivity index (χ2n) is 7.00. The van der Waals surface area contributed by atoms with Gasteiger partial charge in [0.25, 0.3) is 0 Å². The van der Waals surface area contributed by atoms with Crippen molar-refractivity contribution in [2.75, 3.05) is 33.4 Å². The monoisotopic (exact) mass is 418 g/mol. The Bertz CT molecular complexity index is 796. The summed E-state index contributed by atoms with van der Waals surface area (Å²) in [6, 6.07) is 7.55. The van der Waals surface area contributed by atoms with Gasteiger partial charge in [0.05, 0.1) is 11.3 Å². The molecule has 1 unspecified atom stereocenters. The molecule has 0 radical (unpaired) electrons. The lowest BCUT2D eigenvalue weighted by Gasteiger charge is -2.30. The summed E-state index contributed by atoms with van der Waals surface area (Å²) in [5.41, 5.74) is 7.85. The average molecular weight is 419 g/mol. The third-order valence-corrected chi connectivity index (χ3v) is 6.52. The summed E-state index contributed by atoms with van der Waals surface area (Å²) in [6.45, 7) is 6.30. The van der Waals surface area contributed by atoms with Crippen LogP contribution in [0.5, 0.6) is 0 Å². The van der Waals surface area contributed by atoms with E-state index in [-0.39, 0.29) is 13.0 Å². The number of carboxylic acid groups (broad SMARTS) is 1. The summed E-state index contributed by atoms with van der Waals surface area (Å²) in [5.74, 6) is -0.408. The van der Waals surface area contributed by atoms with E-state index in [0.717, 1.165) is 48.6 Å². The van der Waals surface area contributed by atoms with E-state index in [1.165, 1.54) is 0 Å². The first kappa shape index (κ1) is 23.2. The molecule has 1 atom stereocenters. The molecule has 1 fully saturated rings. The Morgan fingerprint density at radius 3 is 2.62 bits per heavy atom. The summed E-state index contributed by atoms with van der Waals surface area (Å²) in [4.78, 5) is 11.7. The van der Waals surface area contributed by atoms with Crippen LogP contribution in [-0.2, 0) is 20.5 Å². The summed E-state index contributed by atoms with van der Waals surface area (Å²) in [7, 11) is 0.430. The van der Waals surface area contributed by atoms with Crippen molar-refractivity contribution in [2.45, 2.75) is 24.2 Å². The molecule has 29 heavy (non-hydrogen) atoms. The molecule has 0 aliphatic carbocycles. The third kappa shape index (κ3) is 6.75. The fourth-order valence-electron chi connectivity index (χ4n) is 3.34. The number of piperidine rings is 1. The number of benzene rings is 1. The van der Waals surface area contributed by atoms with Crippen LogP contribution >= 0.6 is 0 Å². The number of aliphatic carboxylic acids is 1. The second kappa shape index (κ2) is 11.8. The SMILES string of the molecule is C=C/C(=C\C=C(CN)CC(=O)O)c1ccccc1S(=O)N1CCC(COC)CC1. The fraction of sp³-hybridized carbons (Fsp3) is 0.409. The van der Waals surface area contributed by atoms with Gasteiger partial charge in [0.15, 0.2) is 0 Å². The molecule has 1 aliphatic rings. The van der Waals surface area contributed by atoms with Gasteiger partial charge in [-0.3, -0.25) is 4.79 Å². The number of carboxylic acids is 1. The van der Waals surface area contributed by atoms with E-state index in [4.69, 9.17) is 15.6 Å². The highest BCUT2D eigenvalue weighted by atomic mass is 32.2. The standard InChI is InChI=1S/C22H30N2O4S/c1-3-19(9-8-18(15-23)14-22(25)26)20-6-4-5-7-21(20)29(27)24-12-10-17(11-13-24)16-28-2/h3-9,17H,1,10-16,23H2,2H3,(H,25,26)/b18-8?,19-9+. The van der Waals surface area contributed by atoms with Crippen LogP contribution in [0, 0.1) is 5.92 Å². The summed E-state index contributed by atoms with van der Waals surface area (Å²) < 4.78 is 20.5. The van der Waals surface area contributed by atoms with E-state index in [2.05, 4.69) is 6.58 Å². The molecule has 6 nitrogen and oxygen atoms in total.